The van der Waals surface area contributed by atoms with Gasteiger partial charge in [-0.3, -0.25) is 24.6 Å². The highest BCUT2D eigenvalue weighted by atomic mass is 16.2. The van der Waals surface area contributed by atoms with E-state index < -0.39 is 5.91 Å². The smallest absolute Gasteiger partial charge is 0.292 e. The lowest BCUT2D eigenvalue weighted by Gasteiger charge is -2.27. The van der Waals surface area contributed by atoms with Crippen LogP contribution in [0.2, 0.25) is 0 Å². The highest BCUT2D eigenvalue weighted by Gasteiger charge is 2.25. The van der Waals surface area contributed by atoms with Gasteiger partial charge in [0.2, 0.25) is 5.84 Å². The third-order valence-electron chi connectivity index (χ3n) is 5.20. The molecule has 2 amide bonds. The Labute approximate surface area is 184 Å². The molecule has 1 aliphatic heterocycles. The van der Waals surface area contributed by atoms with E-state index in [0.717, 1.165) is 22.3 Å². The molecule has 0 bridgehead atoms. The van der Waals surface area contributed by atoms with Gasteiger partial charge in [-0.05, 0) is 55.5 Å². The number of nitrogens with one attached hydrogen (secondary N) is 2. The molecule has 0 saturated carbocycles. The summed E-state index contributed by atoms with van der Waals surface area (Å²) in [5.41, 5.74) is 8.02. The summed E-state index contributed by atoms with van der Waals surface area (Å²) >= 11 is 0. The summed E-state index contributed by atoms with van der Waals surface area (Å²) in [6.07, 6.45) is 1.77. The van der Waals surface area contributed by atoms with Crippen molar-refractivity contribution in [1.82, 2.24) is 15.0 Å². The fraction of sp³-hybridized carbons (Fsp3) is 0.0833. The maximum atomic E-state index is 12.7. The number of hydrogen-bond donors (Lipinski definition) is 2. The molecule has 3 aromatic carbocycles. The number of carbonyl (C=O) groups is 2. The zero-order chi connectivity index (χ0) is 22.1. The van der Waals surface area contributed by atoms with Crippen molar-refractivity contribution in [3.05, 3.63) is 84.7 Å². The summed E-state index contributed by atoms with van der Waals surface area (Å²) in [5.74, 6) is -0.576. The first-order valence-electron chi connectivity index (χ1n) is 10.1. The lowest BCUT2D eigenvalue weighted by molar-refractivity contribution is -0.118. The predicted octanol–water partition coefficient (Wildman–Crippen LogP) is 3.22. The summed E-state index contributed by atoms with van der Waals surface area (Å²) in [4.78, 5) is 33.5. The number of hydrazine groups is 1. The number of amidine groups is 1. The van der Waals surface area contributed by atoms with Crippen LogP contribution in [0.25, 0.3) is 16.7 Å². The molecule has 32 heavy (non-hydrogen) atoms. The molecule has 2 heterocycles. The fourth-order valence-corrected chi connectivity index (χ4v) is 3.51. The molecule has 4 aromatic rings. The average molecular weight is 424 g/mol. The van der Waals surface area contributed by atoms with Crippen LogP contribution >= 0.6 is 0 Å². The van der Waals surface area contributed by atoms with Gasteiger partial charge in [0.25, 0.3) is 11.8 Å². The van der Waals surface area contributed by atoms with Gasteiger partial charge >= 0.3 is 0 Å². The van der Waals surface area contributed by atoms with E-state index in [0.29, 0.717) is 11.4 Å². The van der Waals surface area contributed by atoms with Crippen LogP contribution in [-0.4, -0.2) is 33.7 Å². The van der Waals surface area contributed by atoms with Crippen molar-refractivity contribution >= 4 is 40.1 Å². The van der Waals surface area contributed by atoms with Crippen LogP contribution < -0.4 is 15.8 Å². The summed E-state index contributed by atoms with van der Waals surface area (Å²) < 4.78 is 1.98. The summed E-state index contributed by atoms with van der Waals surface area (Å²) in [5, 5.41) is 4.16. The largest absolute Gasteiger partial charge is 0.319 e. The number of aliphatic imine (C=N–C) groups is 1. The van der Waals surface area contributed by atoms with Crippen molar-refractivity contribution < 1.29 is 9.59 Å². The molecule has 8 heteroatoms. The van der Waals surface area contributed by atoms with Crippen LogP contribution in [0.3, 0.4) is 0 Å². The van der Waals surface area contributed by atoms with Crippen LogP contribution in [-0.2, 0) is 9.59 Å². The first kappa shape index (κ1) is 19.5. The second-order valence-electron chi connectivity index (χ2n) is 7.45. The molecule has 1 aliphatic rings. The van der Waals surface area contributed by atoms with E-state index in [1.807, 2.05) is 84.3 Å². The van der Waals surface area contributed by atoms with Gasteiger partial charge in [0, 0.05) is 11.4 Å². The van der Waals surface area contributed by atoms with E-state index in [2.05, 4.69) is 20.7 Å². The maximum absolute atomic E-state index is 12.7. The Kier molecular flexibility index (Phi) is 4.87. The Morgan fingerprint density at radius 1 is 0.969 bits per heavy atom. The minimum atomic E-state index is -0.421. The fourth-order valence-electron chi connectivity index (χ4n) is 3.51. The molecule has 0 atom stereocenters. The van der Waals surface area contributed by atoms with E-state index in [9.17, 15) is 9.59 Å². The van der Waals surface area contributed by atoms with Crippen LogP contribution in [0, 0.1) is 6.92 Å². The van der Waals surface area contributed by atoms with Gasteiger partial charge in [0.15, 0.2) is 0 Å². The average Bonchev–Trinajstić information content (AvgIpc) is 3.25. The van der Waals surface area contributed by atoms with Crippen LogP contribution in [0.4, 0.5) is 11.4 Å². The van der Waals surface area contributed by atoms with Gasteiger partial charge in [-0.2, -0.15) is 0 Å². The van der Waals surface area contributed by atoms with Gasteiger partial charge < -0.3 is 5.32 Å². The molecule has 0 aliphatic carbocycles. The third-order valence-corrected chi connectivity index (χ3v) is 5.20. The lowest BCUT2D eigenvalue weighted by Crippen LogP contribution is -2.54. The Hall–Kier alpha value is -4.46. The first-order valence-corrected chi connectivity index (χ1v) is 10.1. The van der Waals surface area contributed by atoms with Crippen LogP contribution in [0.15, 0.2) is 84.1 Å². The lowest BCUT2D eigenvalue weighted by atomic mass is 10.2. The van der Waals surface area contributed by atoms with Gasteiger partial charge in [0.1, 0.15) is 12.9 Å². The van der Waals surface area contributed by atoms with Crippen molar-refractivity contribution in [3.63, 3.8) is 0 Å². The van der Waals surface area contributed by atoms with Crippen molar-refractivity contribution in [2.75, 3.05) is 16.9 Å². The van der Waals surface area contributed by atoms with Crippen LogP contribution in [0.5, 0.6) is 0 Å². The van der Waals surface area contributed by atoms with Crippen molar-refractivity contribution in [1.29, 1.82) is 0 Å². The monoisotopic (exact) mass is 424 g/mol. The number of imidazole rings is 1. The predicted molar refractivity (Wildman–Crippen MR) is 124 cm³/mol. The maximum Gasteiger partial charge on any atom is 0.292 e. The number of aromatic nitrogens is 2. The van der Waals surface area contributed by atoms with E-state index >= 15 is 0 Å². The number of amides is 2. The Morgan fingerprint density at radius 2 is 1.69 bits per heavy atom. The second-order valence-corrected chi connectivity index (χ2v) is 7.45. The van der Waals surface area contributed by atoms with Gasteiger partial charge in [-0.25, -0.2) is 9.99 Å². The van der Waals surface area contributed by atoms with Crippen molar-refractivity contribution in [2.45, 2.75) is 6.92 Å². The third kappa shape index (κ3) is 3.69. The topological polar surface area (TPSA) is 91.6 Å². The number of hydrogen-bond acceptors (Lipinski definition) is 5. The summed E-state index contributed by atoms with van der Waals surface area (Å²) in [6, 6.07) is 22.8. The standard InChI is InChI=1S/C24H20N6O2/c1-16-6-10-19(11-7-16)30-22(31)14-25-23(28-30)24(32)27-17-8-12-18(13-9-17)29-15-26-20-4-2-3-5-21(20)29/h2-13,15H,14H2,1H3,(H,25,28)(H,27,32). The molecule has 5 rings (SSSR count). The number of fused-ring (bicyclic) bond motifs is 1. The Bertz CT molecular complexity index is 1340. The highest BCUT2D eigenvalue weighted by Crippen LogP contribution is 2.20. The molecule has 8 nitrogen and oxygen atoms in total. The van der Waals surface area contributed by atoms with Gasteiger partial charge in [-0.15, -0.1) is 0 Å². The number of nitrogens with zero attached hydrogens (tertiary/aromatic N) is 4. The molecule has 2 N–H and O–H groups in total. The van der Waals surface area contributed by atoms with Gasteiger partial charge in [0.05, 0.1) is 16.7 Å². The zero-order valence-electron chi connectivity index (χ0n) is 17.3. The van der Waals surface area contributed by atoms with Crippen molar-refractivity contribution in [2.24, 2.45) is 4.99 Å². The first-order chi connectivity index (χ1) is 15.6. The second kappa shape index (κ2) is 7.99. The Balaban J connectivity index is 1.30. The van der Waals surface area contributed by atoms with Gasteiger partial charge in [-0.1, -0.05) is 29.8 Å². The van der Waals surface area contributed by atoms with E-state index in [1.165, 1.54) is 5.01 Å². The number of rotatable bonds is 4. The van der Waals surface area contributed by atoms with Crippen LogP contribution in [0.1, 0.15) is 5.56 Å². The van der Waals surface area contributed by atoms with E-state index in [4.69, 9.17) is 0 Å². The number of para-hydroxylation sites is 2. The number of benzene rings is 3. The summed E-state index contributed by atoms with van der Waals surface area (Å²) in [7, 11) is 0. The minimum absolute atomic E-state index is 0.0786. The molecule has 0 radical (unpaired) electrons. The molecule has 0 unspecified atom stereocenters. The number of carbonyl (C=O) groups excluding carboxylic acids is 2. The molecular weight excluding hydrogens is 404 g/mol. The Morgan fingerprint density at radius 3 is 2.47 bits per heavy atom. The quantitative estimate of drug-likeness (QED) is 0.526. The van der Waals surface area contributed by atoms with Crippen molar-refractivity contribution in [3.8, 4) is 5.69 Å². The molecule has 158 valence electrons. The normalized spacial score (nSPS) is 13.6. The highest BCUT2D eigenvalue weighted by molar-refractivity contribution is 6.43. The van der Waals surface area contributed by atoms with E-state index in [1.54, 1.807) is 6.33 Å². The minimum Gasteiger partial charge on any atom is -0.319 e. The molecule has 0 fully saturated rings. The molecule has 0 spiro atoms. The zero-order valence-corrected chi connectivity index (χ0v) is 17.3. The molecule has 0 saturated heterocycles. The summed E-state index contributed by atoms with van der Waals surface area (Å²) in [6.45, 7) is 1.87. The number of aryl methyl sites for hydroxylation is 1. The SMILES string of the molecule is Cc1ccc(N2NC(C(=O)Nc3ccc(-n4cnc5ccccc54)cc3)=NCC2=O)cc1. The van der Waals surface area contributed by atoms with E-state index in [-0.39, 0.29) is 18.3 Å². The molecular formula is C24H20N6O2. The number of anilines is 2. The molecule has 1 aromatic heterocycles.